The van der Waals surface area contributed by atoms with Crippen molar-refractivity contribution in [3.63, 3.8) is 0 Å². The van der Waals surface area contributed by atoms with Gasteiger partial charge < -0.3 is 10.6 Å². The van der Waals surface area contributed by atoms with Gasteiger partial charge in [-0.15, -0.1) is 11.8 Å². The number of amides is 2. The summed E-state index contributed by atoms with van der Waals surface area (Å²) >= 11 is 1.77. The van der Waals surface area contributed by atoms with Gasteiger partial charge in [0.1, 0.15) is 0 Å². The van der Waals surface area contributed by atoms with Crippen LogP contribution in [0.25, 0.3) is 0 Å². The Labute approximate surface area is 169 Å². The number of nitrogens with zero attached hydrogens (tertiary/aromatic N) is 1. The number of para-hydroxylation sites is 1. The molecular weight excluding hydrogens is 366 g/mol. The maximum absolute atomic E-state index is 12.2. The van der Waals surface area contributed by atoms with Crippen LogP contribution in [-0.4, -0.2) is 11.1 Å². The lowest BCUT2D eigenvalue weighted by Crippen LogP contribution is -2.19. The number of rotatable bonds is 4. The second-order valence-electron chi connectivity index (χ2n) is 6.75. The van der Waals surface area contributed by atoms with Crippen molar-refractivity contribution in [3.8, 4) is 0 Å². The summed E-state index contributed by atoms with van der Waals surface area (Å²) in [6, 6.07) is 23.6. The van der Waals surface area contributed by atoms with Crippen molar-refractivity contribution in [2.75, 3.05) is 10.6 Å². The van der Waals surface area contributed by atoms with Gasteiger partial charge in [-0.3, -0.25) is 0 Å². The predicted octanol–water partition coefficient (Wildman–Crippen LogP) is 6.16. The molecule has 3 aromatic rings. The quantitative estimate of drug-likeness (QED) is 0.563. The molecule has 3 aromatic carbocycles. The molecule has 0 spiro atoms. The Morgan fingerprint density at radius 3 is 2.50 bits per heavy atom. The van der Waals surface area contributed by atoms with Gasteiger partial charge in [-0.2, -0.15) is 0 Å². The number of aryl methyl sites for hydroxylation is 1. The Kier molecular flexibility index (Phi) is 5.44. The maximum Gasteiger partial charge on any atom is 0.323 e. The topological polar surface area (TPSA) is 53.5 Å². The summed E-state index contributed by atoms with van der Waals surface area (Å²) in [5, 5.41) is 6.80. The van der Waals surface area contributed by atoms with Gasteiger partial charge in [0.15, 0.2) is 0 Å². The van der Waals surface area contributed by atoms with Crippen LogP contribution in [0.5, 0.6) is 0 Å². The van der Waals surface area contributed by atoms with E-state index in [4.69, 9.17) is 4.99 Å². The van der Waals surface area contributed by atoms with Gasteiger partial charge in [0.25, 0.3) is 0 Å². The lowest BCUT2D eigenvalue weighted by atomic mass is 10.1. The van der Waals surface area contributed by atoms with Crippen LogP contribution in [0.2, 0.25) is 0 Å². The van der Waals surface area contributed by atoms with Crippen LogP contribution in [-0.2, 0) is 12.2 Å². The molecule has 0 unspecified atom stereocenters. The number of hydrogen-bond donors (Lipinski definition) is 2. The molecule has 1 aliphatic rings. The minimum atomic E-state index is -0.262. The van der Waals surface area contributed by atoms with Crippen molar-refractivity contribution in [1.29, 1.82) is 0 Å². The smallest absolute Gasteiger partial charge is 0.308 e. The van der Waals surface area contributed by atoms with E-state index in [1.165, 1.54) is 16.7 Å². The number of anilines is 2. The molecule has 0 radical (unpaired) electrons. The number of aliphatic imine (C=N–C) groups is 1. The number of hydrogen-bond acceptors (Lipinski definition) is 3. The minimum Gasteiger partial charge on any atom is -0.308 e. The Balaban J connectivity index is 1.37. The molecule has 1 aliphatic heterocycles. The monoisotopic (exact) mass is 387 g/mol. The maximum atomic E-state index is 12.2. The zero-order valence-corrected chi connectivity index (χ0v) is 16.4. The second kappa shape index (κ2) is 8.31. The zero-order valence-electron chi connectivity index (χ0n) is 15.6. The van der Waals surface area contributed by atoms with E-state index < -0.39 is 0 Å². The van der Waals surface area contributed by atoms with Crippen molar-refractivity contribution in [1.82, 2.24) is 0 Å². The molecule has 0 fully saturated rings. The van der Waals surface area contributed by atoms with Crippen LogP contribution >= 0.6 is 11.8 Å². The van der Waals surface area contributed by atoms with Crippen LogP contribution in [0.15, 0.2) is 77.8 Å². The summed E-state index contributed by atoms with van der Waals surface area (Å²) in [6.07, 6.45) is 0.850. The van der Waals surface area contributed by atoms with Crippen molar-refractivity contribution >= 4 is 39.9 Å². The number of nitrogens with one attached hydrogen (secondary N) is 2. The SMILES string of the molecule is Cc1ccc(CSC2=Nc3cc(NC(=O)Nc4ccccc4)ccc3C2)cc1. The molecule has 2 N–H and O–H groups in total. The third-order valence-electron chi connectivity index (χ3n) is 4.49. The third kappa shape index (κ3) is 4.61. The van der Waals surface area contributed by atoms with E-state index in [1.54, 1.807) is 11.8 Å². The third-order valence-corrected chi connectivity index (χ3v) is 5.53. The van der Waals surface area contributed by atoms with Gasteiger partial charge in [-0.1, -0.05) is 54.1 Å². The van der Waals surface area contributed by atoms with Gasteiger partial charge >= 0.3 is 6.03 Å². The average Bonchev–Trinajstić information content (AvgIpc) is 3.10. The summed E-state index contributed by atoms with van der Waals surface area (Å²) in [6.45, 7) is 2.10. The van der Waals surface area contributed by atoms with Crippen LogP contribution < -0.4 is 10.6 Å². The number of fused-ring (bicyclic) bond motifs is 1. The molecule has 140 valence electrons. The van der Waals surface area contributed by atoms with E-state index >= 15 is 0 Å². The van der Waals surface area contributed by atoms with Crippen LogP contribution in [0.1, 0.15) is 16.7 Å². The molecular formula is C23H21N3OS. The van der Waals surface area contributed by atoms with E-state index in [0.29, 0.717) is 0 Å². The highest BCUT2D eigenvalue weighted by Gasteiger charge is 2.16. The first-order valence-electron chi connectivity index (χ1n) is 9.17. The number of urea groups is 1. The van der Waals surface area contributed by atoms with Crippen LogP contribution in [0.4, 0.5) is 21.9 Å². The van der Waals surface area contributed by atoms with E-state index in [2.05, 4.69) is 41.8 Å². The highest BCUT2D eigenvalue weighted by molar-refractivity contribution is 8.13. The molecule has 2 amide bonds. The molecule has 0 aliphatic carbocycles. The van der Waals surface area contributed by atoms with Crippen molar-refractivity contribution in [2.45, 2.75) is 19.1 Å². The number of thioether (sulfide) groups is 1. The molecule has 0 saturated carbocycles. The molecule has 4 nitrogen and oxygen atoms in total. The molecule has 5 heteroatoms. The molecule has 0 aromatic heterocycles. The Morgan fingerprint density at radius 1 is 0.964 bits per heavy atom. The summed E-state index contributed by atoms with van der Waals surface area (Å²) in [7, 11) is 0. The number of carbonyl (C=O) groups is 1. The van der Waals surface area contributed by atoms with E-state index in [0.717, 1.165) is 34.3 Å². The highest BCUT2D eigenvalue weighted by atomic mass is 32.2. The number of carbonyl (C=O) groups excluding carboxylic acids is 1. The lowest BCUT2D eigenvalue weighted by Gasteiger charge is -2.08. The molecule has 0 bridgehead atoms. The fourth-order valence-corrected chi connectivity index (χ4v) is 3.93. The fourth-order valence-electron chi connectivity index (χ4n) is 2.98. The zero-order chi connectivity index (χ0) is 19.3. The Morgan fingerprint density at radius 2 is 1.71 bits per heavy atom. The summed E-state index contributed by atoms with van der Waals surface area (Å²) in [5.41, 5.74) is 6.20. The van der Waals surface area contributed by atoms with Gasteiger partial charge in [0, 0.05) is 23.5 Å². The highest BCUT2D eigenvalue weighted by Crippen LogP contribution is 2.33. The normalized spacial score (nSPS) is 12.2. The van der Waals surface area contributed by atoms with Gasteiger partial charge in [-0.05, 0) is 42.3 Å². The number of benzene rings is 3. The van der Waals surface area contributed by atoms with E-state index in [1.807, 2.05) is 48.5 Å². The summed E-state index contributed by atoms with van der Waals surface area (Å²) in [4.78, 5) is 16.9. The van der Waals surface area contributed by atoms with Gasteiger partial charge in [-0.25, -0.2) is 9.79 Å². The van der Waals surface area contributed by atoms with Crippen molar-refractivity contribution in [3.05, 3.63) is 89.5 Å². The molecule has 0 atom stereocenters. The minimum absolute atomic E-state index is 0.262. The standard InChI is InChI=1S/C23H21N3OS/c1-16-7-9-17(10-8-16)15-28-22-13-18-11-12-20(14-21(18)26-22)25-23(27)24-19-5-3-2-4-6-19/h2-12,14H,13,15H2,1H3,(H2,24,25,27). The molecule has 4 rings (SSSR count). The first-order valence-corrected chi connectivity index (χ1v) is 10.2. The largest absolute Gasteiger partial charge is 0.323 e. The van der Waals surface area contributed by atoms with E-state index in [-0.39, 0.29) is 6.03 Å². The predicted molar refractivity (Wildman–Crippen MR) is 119 cm³/mol. The van der Waals surface area contributed by atoms with Crippen LogP contribution in [0.3, 0.4) is 0 Å². The summed E-state index contributed by atoms with van der Waals surface area (Å²) in [5.74, 6) is 0.914. The van der Waals surface area contributed by atoms with Crippen LogP contribution in [0, 0.1) is 6.92 Å². The molecule has 1 heterocycles. The first kappa shape index (κ1) is 18.3. The van der Waals surface area contributed by atoms with Crippen molar-refractivity contribution < 1.29 is 4.79 Å². The van der Waals surface area contributed by atoms with Gasteiger partial charge in [0.2, 0.25) is 0 Å². The van der Waals surface area contributed by atoms with Crippen molar-refractivity contribution in [2.24, 2.45) is 4.99 Å². The summed E-state index contributed by atoms with van der Waals surface area (Å²) < 4.78 is 0. The van der Waals surface area contributed by atoms with E-state index in [9.17, 15) is 4.79 Å². The molecule has 28 heavy (non-hydrogen) atoms. The second-order valence-corrected chi connectivity index (χ2v) is 7.79. The Bertz CT molecular complexity index is 1010. The molecule has 0 saturated heterocycles. The Hall–Kier alpha value is -3.05. The first-order chi connectivity index (χ1) is 13.7. The van der Waals surface area contributed by atoms with Gasteiger partial charge in [0.05, 0.1) is 10.7 Å². The fraction of sp³-hybridized carbons (Fsp3) is 0.130. The average molecular weight is 388 g/mol. The lowest BCUT2D eigenvalue weighted by molar-refractivity contribution is 0.262.